The van der Waals surface area contributed by atoms with Crippen molar-refractivity contribution in [2.24, 2.45) is 0 Å². The van der Waals surface area contributed by atoms with Gasteiger partial charge in [-0.3, -0.25) is 5.32 Å². The maximum atomic E-state index is 11.2. The topological polar surface area (TPSA) is 54.1 Å². The van der Waals surface area contributed by atoms with Crippen LogP contribution >= 0.6 is 0 Å². The van der Waals surface area contributed by atoms with Crippen molar-refractivity contribution in [3.63, 3.8) is 0 Å². The number of benzene rings is 1. The Kier molecular flexibility index (Phi) is 2.58. The minimum Gasteiger partial charge on any atom is -0.450 e. The molecule has 0 saturated carbocycles. The molecule has 1 aromatic carbocycles. The van der Waals surface area contributed by atoms with Crippen LogP contribution in [0.15, 0.2) is 30.5 Å². The highest BCUT2D eigenvalue weighted by molar-refractivity contribution is 5.98. The van der Waals surface area contributed by atoms with E-state index in [0.29, 0.717) is 6.61 Å². The zero-order valence-electron chi connectivity index (χ0n) is 8.41. The van der Waals surface area contributed by atoms with Gasteiger partial charge in [-0.05, 0) is 19.1 Å². The number of ether oxygens (including phenoxy) is 1. The average Bonchev–Trinajstić information content (AvgIpc) is 2.67. The lowest BCUT2D eigenvalue weighted by Crippen LogP contribution is -2.13. The van der Waals surface area contributed by atoms with Crippen LogP contribution in [0.4, 0.5) is 10.5 Å². The molecule has 1 amide bonds. The Morgan fingerprint density at radius 1 is 1.47 bits per heavy atom. The highest BCUT2D eigenvalue weighted by atomic mass is 16.5. The van der Waals surface area contributed by atoms with E-state index in [9.17, 15) is 4.79 Å². The molecule has 4 heteroatoms. The zero-order chi connectivity index (χ0) is 10.7. The summed E-state index contributed by atoms with van der Waals surface area (Å²) in [4.78, 5) is 14.3. The lowest BCUT2D eigenvalue weighted by molar-refractivity contribution is 0.168. The van der Waals surface area contributed by atoms with Crippen molar-refractivity contribution in [2.45, 2.75) is 6.92 Å². The van der Waals surface area contributed by atoms with Gasteiger partial charge in [0.15, 0.2) is 0 Å². The summed E-state index contributed by atoms with van der Waals surface area (Å²) >= 11 is 0. The average molecular weight is 204 g/mol. The predicted octanol–water partition coefficient (Wildman–Crippen LogP) is 2.74. The molecule has 0 fully saturated rings. The maximum absolute atomic E-state index is 11.2. The molecular formula is C11H12N2O2. The number of carbonyl (C=O) groups is 1. The molecule has 0 atom stereocenters. The molecule has 2 aromatic rings. The van der Waals surface area contributed by atoms with E-state index in [1.807, 2.05) is 30.5 Å². The minimum atomic E-state index is -0.431. The van der Waals surface area contributed by atoms with Crippen LogP contribution in [0.2, 0.25) is 0 Å². The van der Waals surface area contributed by atoms with Gasteiger partial charge >= 0.3 is 6.09 Å². The fraction of sp³-hybridized carbons (Fsp3) is 0.182. The number of H-pyrrole nitrogens is 1. The summed E-state index contributed by atoms with van der Waals surface area (Å²) in [7, 11) is 0. The molecule has 0 spiro atoms. The van der Waals surface area contributed by atoms with E-state index in [-0.39, 0.29) is 0 Å². The number of amides is 1. The van der Waals surface area contributed by atoms with Gasteiger partial charge in [-0.15, -0.1) is 0 Å². The van der Waals surface area contributed by atoms with Gasteiger partial charge in [0.1, 0.15) is 0 Å². The minimum absolute atomic E-state index is 0.368. The van der Waals surface area contributed by atoms with Gasteiger partial charge in [-0.1, -0.05) is 12.1 Å². The highest BCUT2D eigenvalue weighted by Crippen LogP contribution is 2.21. The van der Waals surface area contributed by atoms with Crippen LogP contribution in [-0.2, 0) is 4.74 Å². The smallest absolute Gasteiger partial charge is 0.411 e. The first-order chi connectivity index (χ1) is 7.31. The van der Waals surface area contributed by atoms with Crippen molar-refractivity contribution in [3.8, 4) is 0 Å². The van der Waals surface area contributed by atoms with E-state index in [2.05, 4.69) is 10.3 Å². The summed E-state index contributed by atoms with van der Waals surface area (Å²) in [5.41, 5.74) is 1.64. The number of para-hydroxylation sites is 1. The van der Waals surface area contributed by atoms with E-state index < -0.39 is 6.09 Å². The van der Waals surface area contributed by atoms with Gasteiger partial charge < -0.3 is 9.72 Å². The number of aromatic amines is 1. The normalized spacial score (nSPS) is 10.2. The lowest BCUT2D eigenvalue weighted by atomic mass is 10.2. The monoisotopic (exact) mass is 204 g/mol. The van der Waals surface area contributed by atoms with Gasteiger partial charge in [-0.25, -0.2) is 4.79 Å². The number of anilines is 1. The third kappa shape index (κ3) is 1.93. The molecule has 0 aliphatic heterocycles. The molecule has 0 bridgehead atoms. The first-order valence-electron chi connectivity index (χ1n) is 4.81. The summed E-state index contributed by atoms with van der Waals surface area (Å²) in [5, 5.41) is 3.74. The highest BCUT2D eigenvalue weighted by Gasteiger charge is 2.05. The molecule has 0 unspecified atom stereocenters. The molecule has 4 nitrogen and oxygen atoms in total. The summed E-state index contributed by atoms with van der Waals surface area (Å²) in [6.45, 7) is 2.14. The molecule has 0 radical (unpaired) electrons. The van der Waals surface area contributed by atoms with E-state index in [1.54, 1.807) is 6.92 Å². The largest absolute Gasteiger partial charge is 0.450 e. The van der Waals surface area contributed by atoms with Gasteiger partial charge in [-0.2, -0.15) is 0 Å². The van der Waals surface area contributed by atoms with E-state index in [0.717, 1.165) is 16.6 Å². The zero-order valence-corrected chi connectivity index (χ0v) is 8.41. The predicted molar refractivity (Wildman–Crippen MR) is 58.9 cm³/mol. The van der Waals surface area contributed by atoms with Crippen LogP contribution < -0.4 is 5.32 Å². The first-order valence-corrected chi connectivity index (χ1v) is 4.81. The Balaban J connectivity index is 2.27. The van der Waals surface area contributed by atoms with Crippen molar-refractivity contribution in [1.29, 1.82) is 0 Å². The maximum Gasteiger partial charge on any atom is 0.411 e. The molecule has 2 N–H and O–H groups in total. The quantitative estimate of drug-likeness (QED) is 0.790. The van der Waals surface area contributed by atoms with Crippen LogP contribution in [0.5, 0.6) is 0 Å². The second-order valence-corrected chi connectivity index (χ2v) is 3.09. The van der Waals surface area contributed by atoms with Crippen molar-refractivity contribution >= 4 is 22.7 Å². The molecule has 15 heavy (non-hydrogen) atoms. The standard InChI is InChI=1S/C11H12N2O2/c1-2-15-11(14)13-9-5-3-4-8-6-7-12-10(8)9/h3-7,12H,2H2,1H3,(H,13,14). The van der Waals surface area contributed by atoms with Crippen molar-refractivity contribution in [3.05, 3.63) is 30.5 Å². The van der Waals surface area contributed by atoms with Crippen LogP contribution in [0.25, 0.3) is 10.9 Å². The molecule has 1 aromatic heterocycles. The summed E-state index contributed by atoms with van der Waals surface area (Å²) in [6.07, 6.45) is 1.40. The second-order valence-electron chi connectivity index (χ2n) is 3.09. The van der Waals surface area contributed by atoms with E-state index in [4.69, 9.17) is 4.74 Å². The first kappa shape index (κ1) is 9.58. The van der Waals surface area contributed by atoms with Gasteiger partial charge in [0, 0.05) is 11.6 Å². The number of carbonyl (C=O) groups excluding carboxylic acids is 1. The van der Waals surface area contributed by atoms with Crippen LogP contribution in [-0.4, -0.2) is 17.7 Å². The Morgan fingerprint density at radius 3 is 3.13 bits per heavy atom. The Labute approximate surface area is 87.2 Å². The molecule has 0 aliphatic rings. The fourth-order valence-corrected chi connectivity index (χ4v) is 1.47. The summed E-state index contributed by atoms with van der Waals surface area (Å²) in [6, 6.07) is 7.64. The number of fused-ring (bicyclic) bond motifs is 1. The summed E-state index contributed by atoms with van der Waals surface area (Å²) < 4.78 is 4.81. The second kappa shape index (κ2) is 4.04. The Bertz CT molecular complexity index is 476. The Morgan fingerprint density at radius 2 is 2.33 bits per heavy atom. The van der Waals surface area contributed by atoms with Crippen LogP contribution in [0, 0.1) is 0 Å². The van der Waals surface area contributed by atoms with Gasteiger partial charge in [0.05, 0.1) is 17.8 Å². The van der Waals surface area contributed by atoms with Gasteiger partial charge in [0.25, 0.3) is 0 Å². The SMILES string of the molecule is CCOC(=O)Nc1cccc2cc[nH]c12. The molecule has 0 aliphatic carbocycles. The Hall–Kier alpha value is -1.97. The van der Waals surface area contributed by atoms with Crippen molar-refractivity contribution in [1.82, 2.24) is 4.98 Å². The molecule has 1 heterocycles. The molecule has 0 saturated heterocycles. The van der Waals surface area contributed by atoms with Crippen molar-refractivity contribution in [2.75, 3.05) is 11.9 Å². The lowest BCUT2D eigenvalue weighted by Gasteiger charge is -2.05. The molecular weight excluding hydrogens is 192 g/mol. The molecule has 78 valence electrons. The van der Waals surface area contributed by atoms with Gasteiger partial charge in [0.2, 0.25) is 0 Å². The third-order valence-electron chi connectivity index (χ3n) is 2.10. The number of hydrogen-bond donors (Lipinski definition) is 2. The van der Waals surface area contributed by atoms with E-state index >= 15 is 0 Å². The summed E-state index contributed by atoms with van der Waals surface area (Å²) in [5.74, 6) is 0. The number of rotatable bonds is 2. The van der Waals surface area contributed by atoms with Crippen LogP contribution in [0.3, 0.4) is 0 Å². The third-order valence-corrected chi connectivity index (χ3v) is 2.10. The number of hydrogen-bond acceptors (Lipinski definition) is 2. The molecule has 2 rings (SSSR count). The number of nitrogens with one attached hydrogen (secondary N) is 2. The fourth-order valence-electron chi connectivity index (χ4n) is 1.47. The van der Waals surface area contributed by atoms with Crippen molar-refractivity contribution < 1.29 is 9.53 Å². The van der Waals surface area contributed by atoms with Crippen LogP contribution in [0.1, 0.15) is 6.92 Å². The van der Waals surface area contributed by atoms with E-state index in [1.165, 1.54) is 0 Å². The number of aromatic nitrogens is 1.